The predicted molar refractivity (Wildman–Crippen MR) is 58.3 cm³/mol. The van der Waals surface area contributed by atoms with E-state index < -0.39 is 0 Å². The minimum atomic E-state index is 0.170. The van der Waals surface area contributed by atoms with E-state index in [1.807, 2.05) is 23.9 Å². The Bertz CT molecular complexity index is 314. The summed E-state index contributed by atoms with van der Waals surface area (Å²) in [6.45, 7) is 0. The highest BCUT2D eigenvalue weighted by atomic mass is 35.5. The zero-order valence-corrected chi connectivity index (χ0v) is 8.87. The van der Waals surface area contributed by atoms with Crippen molar-refractivity contribution >= 4 is 23.4 Å². The summed E-state index contributed by atoms with van der Waals surface area (Å²) in [5.41, 5.74) is 7.26. The molecule has 0 aliphatic carbocycles. The van der Waals surface area contributed by atoms with Gasteiger partial charge in [0.15, 0.2) is 0 Å². The fourth-order valence-electron chi connectivity index (χ4n) is 1.58. The molecule has 13 heavy (non-hydrogen) atoms. The summed E-state index contributed by atoms with van der Waals surface area (Å²) in [5.74, 6) is 1.17. The highest BCUT2D eigenvalue weighted by molar-refractivity contribution is 7.99. The summed E-state index contributed by atoms with van der Waals surface area (Å²) in [5, 5.41) is 0.789. The molecule has 2 rings (SSSR count). The molecule has 1 aliphatic heterocycles. The predicted octanol–water partition coefficient (Wildman–Crippen LogP) is 3.23. The second kappa shape index (κ2) is 3.91. The molecule has 0 saturated carbocycles. The third-order valence-corrected chi connectivity index (χ3v) is 3.70. The van der Waals surface area contributed by atoms with Crippen molar-refractivity contribution in [2.24, 2.45) is 5.73 Å². The van der Waals surface area contributed by atoms with Gasteiger partial charge in [-0.2, -0.15) is 0 Å². The maximum absolute atomic E-state index is 6.04. The van der Waals surface area contributed by atoms with Crippen LogP contribution in [0.25, 0.3) is 0 Å². The highest BCUT2D eigenvalue weighted by Gasteiger charge is 2.15. The second-order valence-corrected chi connectivity index (χ2v) is 4.85. The van der Waals surface area contributed by atoms with Crippen molar-refractivity contribution in [3.05, 3.63) is 28.8 Å². The Labute approximate surface area is 87.7 Å². The van der Waals surface area contributed by atoms with E-state index in [0.717, 1.165) is 11.4 Å². The standard InChI is InChI=1S/C10H12ClNS/c11-7-3-4-10-8(6-7)9(12)2-1-5-13-10/h3-4,6,9H,1-2,5,12H2. The fourth-order valence-corrected chi connectivity index (χ4v) is 2.83. The highest BCUT2D eigenvalue weighted by Crippen LogP contribution is 2.34. The minimum Gasteiger partial charge on any atom is -0.324 e. The van der Waals surface area contributed by atoms with E-state index in [-0.39, 0.29) is 6.04 Å². The van der Waals surface area contributed by atoms with Gasteiger partial charge in [-0.05, 0) is 42.4 Å². The molecule has 0 aromatic heterocycles. The van der Waals surface area contributed by atoms with E-state index in [9.17, 15) is 0 Å². The molecule has 0 amide bonds. The van der Waals surface area contributed by atoms with E-state index >= 15 is 0 Å². The molecule has 0 fully saturated rings. The van der Waals surface area contributed by atoms with Crippen molar-refractivity contribution in [1.29, 1.82) is 0 Å². The molecule has 1 heterocycles. The van der Waals surface area contributed by atoms with Gasteiger partial charge in [-0.25, -0.2) is 0 Å². The van der Waals surface area contributed by atoms with Crippen molar-refractivity contribution in [2.45, 2.75) is 23.8 Å². The van der Waals surface area contributed by atoms with Gasteiger partial charge >= 0.3 is 0 Å². The maximum atomic E-state index is 6.04. The van der Waals surface area contributed by atoms with Crippen LogP contribution >= 0.6 is 23.4 Å². The number of hydrogen-bond acceptors (Lipinski definition) is 2. The van der Waals surface area contributed by atoms with Crippen molar-refractivity contribution in [3.63, 3.8) is 0 Å². The average Bonchev–Trinajstić information content (AvgIpc) is 2.29. The molecule has 0 radical (unpaired) electrons. The molecule has 1 unspecified atom stereocenters. The summed E-state index contributed by atoms with van der Waals surface area (Å²) in [6, 6.07) is 6.18. The third-order valence-electron chi connectivity index (χ3n) is 2.29. The Hall–Kier alpha value is -0.180. The topological polar surface area (TPSA) is 26.0 Å². The van der Waals surface area contributed by atoms with Gasteiger partial charge in [0.1, 0.15) is 0 Å². The Balaban J connectivity index is 2.43. The van der Waals surface area contributed by atoms with Gasteiger partial charge in [0.2, 0.25) is 0 Å². The molecule has 1 aromatic rings. The van der Waals surface area contributed by atoms with Crippen LogP contribution in [0.2, 0.25) is 5.02 Å². The first kappa shape index (κ1) is 9.38. The number of hydrogen-bond donors (Lipinski definition) is 1. The first-order chi connectivity index (χ1) is 6.27. The van der Waals surface area contributed by atoms with Crippen LogP contribution in [0.4, 0.5) is 0 Å². The number of benzene rings is 1. The van der Waals surface area contributed by atoms with E-state index in [0.29, 0.717) is 0 Å². The van der Waals surface area contributed by atoms with E-state index in [1.165, 1.54) is 22.6 Å². The second-order valence-electron chi connectivity index (χ2n) is 3.28. The number of halogens is 1. The van der Waals surface area contributed by atoms with Crippen molar-refractivity contribution in [3.8, 4) is 0 Å². The van der Waals surface area contributed by atoms with Gasteiger partial charge in [0, 0.05) is 16.0 Å². The first-order valence-corrected chi connectivity index (χ1v) is 5.81. The lowest BCUT2D eigenvalue weighted by Gasteiger charge is -2.11. The number of fused-ring (bicyclic) bond motifs is 1. The molecule has 1 aliphatic rings. The summed E-state index contributed by atoms with van der Waals surface area (Å²) in [6.07, 6.45) is 2.26. The first-order valence-electron chi connectivity index (χ1n) is 4.45. The molecule has 2 N–H and O–H groups in total. The van der Waals surface area contributed by atoms with Crippen LogP contribution in [0.15, 0.2) is 23.1 Å². The number of rotatable bonds is 0. The average molecular weight is 214 g/mol. The quantitative estimate of drug-likeness (QED) is 0.716. The van der Waals surface area contributed by atoms with E-state index in [4.69, 9.17) is 17.3 Å². The van der Waals surface area contributed by atoms with Crippen LogP contribution < -0.4 is 5.73 Å². The van der Waals surface area contributed by atoms with Gasteiger partial charge in [-0.3, -0.25) is 0 Å². The van der Waals surface area contributed by atoms with Gasteiger partial charge in [0.05, 0.1) is 0 Å². The summed E-state index contributed by atoms with van der Waals surface area (Å²) < 4.78 is 0. The lowest BCUT2D eigenvalue weighted by atomic mass is 10.0. The Morgan fingerprint density at radius 1 is 1.46 bits per heavy atom. The largest absolute Gasteiger partial charge is 0.324 e. The van der Waals surface area contributed by atoms with Crippen LogP contribution in [0.5, 0.6) is 0 Å². The normalized spacial score (nSPS) is 22.2. The SMILES string of the molecule is NC1CCCSc2ccc(Cl)cc21. The van der Waals surface area contributed by atoms with Crippen LogP contribution in [-0.4, -0.2) is 5.75 Å². The lowest BCUT2D eigenvalue weighted by molar-refractivity contribution is 0.640. The smallest absolute Gasteiger partial charge is 0.0410 e. The molecule has 1 aromatic carbocycles. The molecule has 0 bridgehead atoms. The molecule has 0 saturated heterocycles. The van der Waals surface area contributed by atoms with Crippen molar-refractivity contribution in [1.82, 2.24) is 0 Å². The summed E-state index contributed by atoms with van der Waals surface area (Å²) >= 11 is 7.81. The Morgan fingerprint density at radius 2 is 2.31 bits per heavy atom. The molecule has 3 heteroatoms. The van der Waals surface area contributed by atoms with Crippen molar-refractivity contribution < 1.29 is 0 Å². The van der Waals surface area contributed by atoms with Gasteiger partial charge in [0.25, 0.3) is 0 Å². The molecular weight excluding hydrogens is 202 g/mol. The Kier molecular flexibility index (Phi) is 2.82. The lowest BCUT2D eigenvalue weighted by Crippen LogP contribution is -2.09. The summed E-state index contributed by atoms with van der Waals surface area (Å²) in [7, 11) is 0. The maximum Gasteiger partial charge on any atom is 0.0410 e. The fraction of sp³-hybridized carbons (Fsp3) is 0.400. The number of thioether (sulfide) groups is 1. The van der Waals surface area contributed by atoms with E-state index in [2.05, 4.69) is 6.07 Å². The van der Waals surface area contributed by atoms with Crippen LogP contribution in [-0.2, 0) is 0 Å². The van der Waals surface area contributed by atoms with E-state index in [1.54, 1.807) is 0 Å². The molecule has 70 valence electrons. The molecule has 0 spiro atoms. The minimum absolute atomic E-state index is 0.170. The zero-order valence-electron chi connectivity index (χ0n) is 7.29. The molecule has 1 nitrogen and oxygen atoms in total. The Morgan fingerprint density at radius 3 is 3.15 bits per heavy atom. The third kappa shape index (κ3) is 2.01. The molecule has 1 atom stereocenters. The van der Waals surface area contributed by atoms with Gasteiger partial charge < -0.3 is 5.73 Å². The van der Waals surface area contributed by atoms with Gasteiger partial charge in [-0.1, -0.05) is 11.6 Å². The molecular formula is C10H12ClNS. The number of nitrogens with two attached hydrogens (primary N) is 1. The zero-order chi connectivity index (χ0) is 9.26. The monoisotopic (exact) mass is 213 g/mol. The van der Waals surface area contributed by atoms with Gasteiger partial charge in [-0.15, -0.1) is 11.8 Å². The summed E-state index contributed by atoms with van der Waals surface area (Å²) in [4.78, 5) is 1.30. The van der Waals surface area contributed by atoms with Crippen LogP contribution in [0.3, 0.4) is 0 Å². The van der Waals surface area contributed by atoms with Crippen molar-refractivity contribution in [2.75, 3.05) is 5.75 Å². The van der Waals surface area contributed by atoms with Crippen LogP contribution in [0, 0.1) is 0 Å². The van der Waals surface area contributed by atoms with Crippen LogP contribution in [0.1, 0.15) is 24.4 Å².